The van der Waals surface area contributed by atoms with Crippen LogP contribution in [0.4, 0.5) is 4.79 Å². The molecule has 31 heavy (non-hydrogen) atoms. The predicted molar refractivity (Wildman–Crippen MR) is 121 cm³/mol. The molecule has 0 aromatic heterocycles. The van der Waals surface area contributed by atoms with E-state index >= 15 is 0 Å². The number of aliphatic hydroxyl groups excluding tert-OH is 1. The number of hydrogen-bond acceptors (Lipinski definition) is 4. The van der Waals surface area contributed by atoms with E-state index in [0.717, 1.165) is 32.4 Å². The highest BCUT2D eigenvalue weighted by atomic mass is 16.6. The number of benzene rings is 2. The number of carbonyl (C=O) groups is 1. The first-order valence-electron chi connectivity index (χ1n) is 11.3. The van der Waals surface area contributed by atoms with Gasteiger partial charge in [0.1, 0.15) is 12.7 Å². The van der Waals surface area contributed by atoms with Gasteiger partial charge in [0.25, 0.3) is 0 Å². The molecule has 2 heterocycles. The lowest BCUT2D eigenvalue weighted by atomic mass is 9.99. The Morgan fingerprint density at radius 1 is 1.10 bits per heavy atom. The molecule has 5 heteroatoms. The lowest BCUT2D eigenvalue weighted by Gasteiger charge is -2.30. The molecule has 1 amide bonds. The minimum atomic E-state index is -0.664. The minimum absolute atomic E-state index is 0.0496. The standard InChI is InChI=1S/C26H30N2O3/c29-23(17-27-12-11-25-22(15-27)14-20-8-4-5-9-24(20)25)18-31-26(30)28-13-10-21(16-28)19-6-2-1-3-7-19/h1-9,21,23,29H,10-18H2. The Morgan fingerprint density at radius 3 is 2.77 bits per heavy atom. The molecule has 162 valence electrons. The molecule has 0 saturated carbocycles. The van der Waals surface area contributed by atoms with Crippen molar-refractivity contribution in [3.8, 4) is 0 Å². The van der Waals surface area contributed by atoms with Crippen LogP contribution in [0.25, 0.3) is 5.57 Å². The smallest absolute Gasteiger partial charge is 0.409 e. The van der Waals surface area contributed by atoms with E-state index in [1.54, 1.807) is 4.90 Å². The van der Waals surface area contributed by atoms with Crippen molar-refractivity contribution < 1.29 is 14.6 Å². The van der Waals surface area contributed by atoms with Gasteiger partial charge in [-0.2, -0.15) is 0 Å². The van der Waals surface area contributed by atoms with E-state index in [4.69, 9.17) is 4.74 Å². The molecular formula is C26H30N2O3. The van der Waals surface area contributed by atoms with Gasteiger partial charge in [0.15, 0.2) is 0 Å². The topological polar surface area (TPSA) is 53.0 Å². The zero-order chi connectivity index (χ0) is 21.2. The van der Waals surface area contributed by atoms with Gasteiger partial charge < -0.3 is 14.7 Å². The van der Waals surface area contributed by atoms with Gasteiger partial charge in [-0.3, -0.25) is 4.90 Å². The molecule has 2 aromatic carbocycles. The first kappa shape index (κ1) is 20.3. The second-order valence-corrected chi connectivity index (χ2v) is 8.97. The Bertz CT molecular complexity index is 972. The summed E-state index contributed by atoms with van der Waals surface area (Å²) in [5, 5.41) is 10.5. The van der Waals surface area contributed by atoms with Crippen molar-refractivity contribution in [2.24, 2.45) is 0 Å². The van der Waals surface area contributed by atoms with Crippen LogP contribution in [0.5, 0.6) is 0 Å². The first-order valence-corrected chi connectivity index (χ1v) is 11.3. The Balaban J connectivity index is 1.08. The third-order valence-corrected chi connectivity index (χ3v) is 6.85. The van der Waals surface area contributed by atoms with Crippen LogP contribution in [-0.4, -0.2) is 66.4 Å². The number of β-amino-alcohol motifs (C(OH)–C–C–N with tert-alkyl or cyclic N) is 1. The van der Waals surface area contributed by atoms with Gasteiger partial charge in [0, 0.05) is 38.6 Å². The molecule has 1 aliphatic carbocycles. The first-order chi connectivity index (χ1) is 15.2. The van der Waals surface area contributed by atoms with Crippen molar-refractivity contribution in [3.05, 3.63) is 76.9 Å². The molecule has 2 atom stereocenters. The molecule has 0 bridgehead atoms. The molecular weight excluding hydrogens is 388 g/mol. The maximum absolute atomic E-state index is 12.5. The summed E-state index contributed by atoms with van der Waals surface area (Å²) in [5.41, 5.74) is 7.07. The van der Waals surface area contributed by atoms with Crippen LogP contribution in [0.2, 0.25) is 0 Å². The van der Waals surface area contributed by atoms with Gasteiger partial charge in [-0.15, -0.1) is 0 Å². The summed E-state index contributed by atoms with van der Waals surface area (Å²) in [6.07, 6.45) is 2.02. The third kappa shape index (κ3) is 4.39. The molecule has 5 nitrogen and oxygen atoms in total. The highest BCUT2D eigenvalue weighted by molar-refractivity contribution is 5.77. The molecule has 2 unspecified atom stereocenters. The molecule has 5 rings (SSSR count). The lowest BCUT2D eigenvalue weighted by molar-refractivity contribution is 0.0332. The monoisotopic (exact) mass is 418 g/mol. The summed E-state index contributed by atoms with van der Waals surface area (Å²) < 4.78 is 5.45. The Kier molecular flexibility index (Phi) is 5.79. The second kappa shape index (κ2) is 8.85. The number of rotatable bonds is 5. The SMILES string of the molecule is O=C(OCC(O)CN1CCC2=C(Cc3ccccc32)C1)N1CCC(c2ccccc2)C1. The molecule has 0 spiro atoms. The van der Waals surface area contributed by atoms with Crippen LogP contribution >= 0.6 is 0 Å². The van der Waals surface area contributed by atoms with Gasteiger partial charge in [-0.1, -0.05) is 54.6 Å². The summed E-state index contributed by atoms with van der Waals surface area (Å²) in [7, 11) is 0. The fourth-order valence-corrected chi connectivity index (χ4v) is 5.27. The number of hydrogen-bond donors (Lipinski definition) is 1. The molecule has 1 fully saturated rings. The van der Waals surface area contributed by atoms with Gasteiger partial charge in [0.2, 0.25) is 0 Å². The number of carbonyl (C=O) groups excluding carboxylic acids is 1. The average molecular weight is 419 g/mol. The quantitative estimate of drug-likeness (QED) is 0.805. The molecule has 3 aliphatic rings. The average Bonchev–Trinajstić information content (AvgIpc) is 3.43. The summed E-state index contributed by atoms with van der Waals surface area (Å²) >= 11 is 0. The van der Waals surface area contributed by atoms with Gasteiger partial charge in [0.05, 0.1) is 0 Å². The normalized spacial score (nSPS) is 21.7. The highest BCUT2D eigenvalue weighted by Crippen LogP contribution is 2.37. The number of ether oxygens (including phenoxy) is 1. The molecule has 0 radical (unpaired) electrons. The summed E-state index contributed by atoms with van der Waals surface area (Å²) in [6.45, 7) is 3.80. The number of nitrogens with zero attached hydrogens (tertiary/aromatic N) is 2. The van der Waals surface area contributed by atoms with Gasteiger partial charge >= 0.3 is 6.09 Å². The number of aliphatic hydroxyl groups is 1. The lowest BCUT2D eigenvalue weighted by Crippen LogP contribution is -2.40. The van der Waals surface area contributed by atoms with Crippen LogP contribution in [0, 0.1) is 0 Å². The van der Waals surface area contributed by atoms with Crippen molar-refractivity contribution in [1.29, 1.82) is 0 Å². The van der Waals surface area contributed by atoms with E-state index in [1.165, 1.54) is 27.8 Å². The van der Waals surface area contributed by atoms with Crippen molar-refractivity contribution in [1.82, 2.24) is 9.80 Å². The number of fused-ring (bicyclic) bond motifs is 2. The maximum atomic E-state index is 12.5. The summed E-state index contributed by atoms with van der Waals surface area (Å²) in [6, 6.07) is 19.0. The minimum Gasteiger partial charge on any atom is -0.447 e. The van der Waals surface area contributed by atoms with Crippen molar-refractivity contribution >= 4 is 11.7 Å². The van der Waals surface area contributed by atoms with E-state index in [0.29, 0.717) is 25.6 Å². The van der Waals surface area contributed by atoms with Gasteiger partial charge in [-0.05, 0) is 47.1 Å². The van der Waals surface area contributed by atoms with E-state index in [2.05, 4.69) is 41.3 Å². The summed E-state index contributed by atoms with van der Waals surface area (Å²) in [5.74, 6) is 0.366. The van der Waals surface area contributed by atoms with Crippen molar-refractivity contribution in [2.75, 3.05) is 39.3 Å². The Hall–Kier alpha value is -2.63. The number of likely N-dealkylation sites (tertiary alicyclic amines) is 1. The fraction of sp³-hybridized carbons (Fsp3) is 0.423. The fourth-order valence-electron chi connectivity index (χ4n) is 5.27. The van der Waals surface area contributed by atoms with Crippen LogP contribution in [0.1, 0.15) is 35.4 Å². The van der Waals surface area contributed by atoms with Crippen LogP contribution < -0.4 is 0 Å². The molecule has 2 aromatic rings. The van der Waals surface area contributed by atoms with Crippen molar-refractivity contribution in [2.45, 2.75) is 31.3 Å². The zero-order valence-corrected chi connectivity index (χ0v) is 17.9. The molecule has 2 aliphatic heterocycles. The highest BCUT2D eigenvalue weighted by Gasteiger charge is 2.30. The summed E-state index contributed by atoms with van der Waals surface area (Å²) in [4.78, 5) is 16.5. The van der Waals surface area contributed by atoms with Crippen molar-refractivity contribution in [3.63, 3.8) is 0 Å². The van der Waals surface area contributed by atoms with Crippen LogP contribution in [-0.2, 0) is 11.2 Å². The van der Waals surface area contributed by atoms with E-state index < -0.39 is 6.10 Å². The van der Waals surface area contributed by atoms with Gasteiger partial charge in [-0.25, -0.2) is 4.79 Å². The Labute approximate surface area is 183 Å². The number of amides is 1. The Morgan fingerprint density at radius 2 is 1.90 bits per heavy atom. The largest absolute Gasteiger partial charge is 0.447 e. The van der Waals surface area contributed by atoms with Crippen LogP contribution in [0.15, 0.2) is 60.2 Å². The van der Waals surface area contributed by atoms with Crippen LogP contribution in [0.3, 0.4) is 0 Å². The molecule has 1 N–H and O–H groups in total. The zero-order valence-electron chi connectivity index (χ0n) is 17.9. The van der Waals surface area contributed by atoms with E-state index in [1.807, 2.05) is 18.2 Å². The van der Waals surface area contributed by atoms with E-state index in [-0.39, 0.29) is 12.7 Å². The maximum Gasteiger partial charge on any atom is 0.409 e. The molecule has 1 saturated heterocycles. The third-order valence-electron chi connectivity index (χ3n) is 6.85. The predicted octanol–water partition coefficient (Wildman–Crippen LogP) is 3.69. The van der Waals surface area contributed by atoms with E-state index in [9.17, 15) is 9.90 Å². The second-order valence-electron chi connectivity index (χ2n) is 8.97.